The van der Waals surface area contributed by atoms with Gasteiger partial charge in [-0.15, -0.1) is 0 Å². The molecule has 1 aliphatic rings. The van der Waals surface area contributed by atoms with Gasteiger partial charge in [0.2, 0.25) is 0 Å². The van der Waals surface area contributed by atoms with E-state index < -0.39 is 0 Å². The minimum absolute atomic E-state index is 0.379. The smallest absolute Gasteiger partial charge is 0.0991 e. The Morgan fingerprint density at radius 1 is 1.35 bits per heavy atom. The first kappa shape index (κ1) is 10.4. The fourth-order valence-electron chi connectivity index (χ4n) is 2.18. The van der Waals surface area contributed by atoms with Crippen molar-refractivity contribution in [1.82, 2.24) is 9.55 Å². The number of aromatic nitrogens is 2. The van der Waals surface area contributed by atoms with E-state index in [0.717, 1.165) is 24.2 Å². The second-order valence-corrected chi connectivity index (χ2v) is 4.59. The van der Waals surface area contributed by atoms with E-state index in [0.29, 0.717) is 12.1 Å². The molecule has 4 heteroatoms. The van der Waals surface area contributed by atoms with Crippen molar-refractivity contribution in [2.45, 2.75) is 24.9 Å². The van der Waals surface area contributed by atoms with E-state index in [-0.39, 0.29) is 0 Å². The van der Waals surface area contributed by atoms with Crippen molar-refractivity contribution in [1.29, 1.82) is 0 Å². The normalized spacial score (nSPS) is 23.1. The molecule has 1 aliphatic carbocycles. The fraction of sp³-hybridized carbons (Fsp3) is 0.308. The molecule has 3 N–H and O–H groups in total. The number of hydrogen-bond donors (Lipinski definition) is 2. The molecule has 0 amide bonds. The highest BCUT2D eigenvalue weighted by Crippen LogP contribution is 2.23. The number of imidazole rings is 1. The Morgan fingerprint density at radius 2 is 2.24 bits per heavy atom. The van der Waals surface area contributed by atoms with Crippen LogP contribution in [-0.4, -0.2) is 21.6 Å². The average Bonchev–Trinajstić information content (AvgIpc) is 2.81. The molecule has 0 unspecified atom stereocenters. The predicted molar refractivity (Wildman–Crippen MR) is 68.2 cm³/mol. The number of nitrogens with two attached hydrogens (primary N) is 1. The summed E-state index contributed by atoms with van der Waals surface area (Å²) < 4.78 is 2.00. The molecule has 1 aromatic carbocycles. The molecule has 1 fully saturated rings. The number of nitrogens with zero attached hydrogens (tertiary/aromatic N) is 2. The lowest BCUT2D eigenvalue weighted by Gasteiger charge is -2.33. The van der Waals surface area contributed by atoms with E-state index in [4.69, 9.17) is 5.73 Å². The molecule has 4 nitrogen and oxygen atoms in total. The Kier molecular flexibility index (Phi) is 2.57. The zero-order chi connectivity index (χ0) is 11.7. The molecule has 0 saturated heterocycles. The SMILES string of the molecule is NC1CC(Nc2cccc(-n3ccnc3)c2)C1. The van der Waals surface area contributed by atoms with Crippen molar-refractivity contribution in [2.24, 2.45) is 5.73 Å². The highest BCUT2D eigenvalue weighted by atomic mass is 15.0. The number of hydrogen-bond acceptors (Lipinski definition) is 3. The minimum Gasteiger partial charge on any atom is -0.382 e. The van der Waals surface area contributed by atoms with Crippen LogP contribution in [-0.2, 0) is 0 Å². The largest absolute Gasteiger partial charge is 0.382 e. The molecule has 17 heavy (non-hydrogen) atoms. The van der Waals surface area contributed by atoms with Gasteiger partial charge in [-0.1, -0.05) is 6.07 Å². The van der Waals surface area contributed by atoms with Crippen LogP contribution in [0.15, 0.2) is 43.0 Å². The summed E-state index contributed by atoms with van der Waals surface area (Å²) in [6, 6.07) is 9.25. The maximum absolute atomic E-state index is 5.78. The van der Waals surface area contributed by atoms with Crippen molar-refractivity contribution in [3.05, 3.63) is 43.0 Å². The van der Waals surface area contributed by atoms with Crippen LogP contribution in [0.2, 0.25) is 0 Å². The van der Waals surface area contributed by atoms with Gasteiger partial charge in [-0.3, -0.25) is 0 Å². The molecule has 1 aromatic heterocycles. The van der Waals surface area contributed by atoms with Gasteiger partial charge < -0.3 is 15.6 Å². The number of anilines is 1. The van der Waals surface area contributed by atoms with Crippen LogP contribution in [0.1, 0.15) is 12.8 Å². The van der Waals surface area contributed by atoms with E-state index in [1.54, 1.807) is 12.5 Å². The molecule has 0 aliphatic heterocycles. The van der Waals surface area contributed by atoms with Crippen molar-refractivity contribution in [2.75, 3.05) is 5.32 Å². The first-order chi connectivity index (χ1) is 8.31. The minimum atomic E-state index is 0.379. The average molecular weight is 228 g/mol. The van der Waals surface area contributed by atoms with Gasteiger partial charge in [0, 0.05) is 35.9 Å². The molecule has 0 atom stereocenters. The Labute approximate surface area is 100 Å². The van der Waals surface area contributed by atoms with E-state index in [1.165, 1.54) is 0 Å². The van der Waals surface area contributed by atoms with Crippen LogP contribution in [0, 0.1) is 0 Å². The summed E-state index contributed by atoms with van der Waals surface area (Å²) in [5.74, 6) is 0. The second-order valence-electron chi connectivity index (χ2n) is 4.59. The molecule has 1 heterocycles. The van der Waals surface area contributed by atoms with E-state index in [1.807, 2.05) is 10.8 Å². The van der Waals surface area contributed by atoms with E-state index in [2.05, 4.69) is 34.6 Å². The van der Waals surface area contributed by atoms with Crippen LogP contribution in [0.5, 0.6) is 0 Å². The first-order valence-corrected chi connectivity index (χ1v) is 5.92. The molecular formula is C13H16N4. The monoisotopic (exact) mass is 228 g/mol. The Balaban J connectivity index is 1.75. The van der Waals surface area contributed by atoms with Gasteiger partial charge in [0.15, 0.2) is 0 Å². The molecule has 1 saturated carbocycles. The third kappa shape index (κ3) is 2.17. The Bertz CT molecular complexity index is 486. The first-order valence-electron chi connectivity index (χ1n) is 5.92. The summed E-state index contributed by atoms with van der Waals surface area (Å²) in [6.45, 7) is 0. The van der Waals surface area contributed by atoms with Gasteiger partial charge in [0.05, 0.1) is 6.33 Å². The van der Waals surface area contributed by atoms with E-state index >= 15 is 0 Å². The van der Waals surface area contributed by atoms with Crippen molar-refractivity contribution in [3.63, 3.8) is 0 Å². The number of nitrogens with one attached hydrogen (secondary N) is 1. The highest BCUT2D eigenvalue weighted by Gasteiger charge is 2.25. The fourth-order valence-corrected chi connectivity index (χ4v) is 2.18. The summed E-state index contributed by atoms with van der Waals surface area (Å²) in [4.78, 5) is 4.05. The van der Waals surface area contributed by atoms with Crippen molar-refractivity contribution in [3.8, 4) is 5.69 Å². The zero-order valence-electron chi connectivity index (χ0n) is 9.58. The molecule has 88 valence electrons. The zero-order valence-corrected chi connectivity index (χ0v) is 9.58. The van der Waals surface area contributed by atoms with Gasteiger partial charge in [0.25, 0.3) is 0 Å². The van der Waals surface area contributed by atoms with Crippen LogP contribution in [0.3, 0.4) is 0 Å². The second kappa shape index (κ2) is 4.22. The van der Waals surface area contributed by atoms with Crippen LogP contribution < -0.4 is 11.1 Å². The quantitative estimate of drug-likeness (QED) is 0.841. The Hall–Kier alpha value is -1.81. The maximum atomic E-state index is 5.78. The van der Waals surface area contributed by atoms with Gasteiger partial charge in [-0.25, -0.2) is 4.98 Å². The molecule has 0 bridgehead atoms. The van der Waals surface area contributed by atoms with Crippen LogP contribution in [0.4, 0.5) is 5.69 Å². The summed E-state index contributed by atoms with van der Waals surface area (Å²) in [5.41, 5.74) is 8.05. The predicted octanol–water partition coefficient (Wildman–Crippen LogP) is 1.77. The lowest BCUT2D eigenvalue weighted by Crippen LogP contribution is -2.44. The molecular weight excluding hydrogens is 212 g/mol. The summed E-state index contributed by atoms with van der Waals surface area (Å²) in [5, 5.41) is 3.50. The van der Waals surface area contributed by atoms with E-state index in [9.17, 15) is 0 Å². The molecule has 0 radical (unpaired) electrons. The van der Waals surface area contributed by atoms with Crippen LogP contribution >= 0.6 is 0 Å². The maximum Gasteiger partial charge on any atom is 0.0991 e. The third-order valence-electron chi connectivity index (χ3n) is 3.19. The Morgan fingerprint density at radius 3 is 2.94 bits per heavy atom. The standard InChI is InChI=1S/C13H16N4/c14-10-6-12(7-10)16-11-2-1-3-13(8-11)17-5-4-15-9-17/h1-5,8-10,12,16H,6-7,14H2. The number of benzene rings is 1. The van der Waals surface area contributed by atoms with Gasteiger partial charge in [0.1, 0.15) is 0 Å². The van der Waals surface area contributed by atoms with Gasteiger partial charge in [-0.2, -0.15) is 0 Å². The van der Waals surface area contributed by atoms with Crippen molar-refractivity contribution < 1.29 is 0 Å². The topological polar surface area (TPSA) is 55.9 Å². The van der Waals surface area contributed by atoms with Crippen LogP contribution in [0.25, 0.3) is 5.69 Å². The summed E-state index contributed by atoms with van der Waals surface area (Å²) in [6.07, 6.45) is 7.66. The lowest BCUT2D eigenvalue weighted by molar-refractivity contribution is 0.373. The highest BCUT2D eigenvalue weighted by molar-refractivity contribution is 5.52. The molecule has 2 aromatic rings. The lowest BCUT2D eigenvalue weighted by atomic mass is 9.87. The van der Waals surface area contributed by atoms with Gasteiger partial charge >= 0.3 is 0 Å². The van der Waals surface area contributed by atoms with Crippen molar-refractivity contribution >= 4 is 5.69 Å². The third-order valence-corrected chi connectivity index (χ3v) is 3.19. The summed E-state index contributed by atoms with van der Waals surface area (Å²) in [7, 11) is 0. The number of rotatable bonds is 3. The molecule has 0 spiro atoms. The molecule has 3 rings (SSSR count). The van der Waals surface area contributed by atoms with Gasteiger partial charge in [-0.05, 0) is 31.0 Å². The summed E-state index contributed by atoms with van der Waals surface area (Å²) >= 11 is 0.